The van der Waals surface area contributed by atoms with E-state index in [1.54, 1.807) is 0 Å². The van der Waals surface area contributed by atoms with Crippen molar-refractivity contribution in [1.82, 2.24) is 5.32 Å². The first-order valence-corrected chi connectivity index (χ1v) is 5.61. The van der Waals surface area contributed by atoms with Gasteiger partial charge in [0.05, 0.1) is 0 Å². The van der Waals surface area contributed by atoms with Gasteiger partial charge in [-0.05, 0) is 32.1 Å². The van der Waals surface area contributed by atoms with E-state index in [0.29, 0.717) is 12.1 Å². The van der Waals surface area contributed by atoms with Crippen molar-refractivity contribution < 1.29 is 9.90 Å². The van der Waals surface area contributed by atoms with Crippen LogP contribution in [0.3, 0.4) is 0 Å². The van der Waals surface area contributed by atoms with Gasteiger partial charge >= 0.3 is 5.97 Å². The Kier molecular flexibility index (Phi) is 4.39. The third-order valence-electron chi connectivity index (χ3n) is 2.87. The number of aliphatic carboxylic acids is 1. The van der Waals surface area contributed by atoms with Crippen LogP contribution < -0.4 is 5.32 Å². The Hall–Kier alpha value is -0.570. The molecule has 1 saturated carbocycles. The van der Waals surface area contributed by atoms with Crippen LogP contribution in [0.15, 0.2) is 0 Å². The minimum Gasteiger partial charge on any atom is -0.481 e. The molecular weight excluding hydrogens is 178 g/mol. The Morgan fingerprint density at radius 3 is 2.93 bits per heavy atom. The third-order valence-corrected chi connectivity index (χ3v) is 2.87. The van der Waals surface area contributed by atoms with E-state index in [9.17, 15) is 4.79 Å². The number of hydrogen-bond acceptors (Lipinski definition) is 2. The first kappa shape index (κ1) is 11.5. The number of hydrogen-bond donors (Lipinski definition) is 2. The van der Waals surface area contributed by atoms with Gasteiger partial charge in [-0.25, -0.2) is 0 Å². The van der Waals surface area contributed by atoms with Crippen molar-refractivity contribution in [3.05, 3.63) is 0 Å². The van der Waals surface area contributed by atoms with Crippen molar-refractivity contribution in [2.24, 2.45) is 5.92 Å². The average molecular weight is 199 g/mol. The van der Waals surface area contributed by atoms with E-state index in [-0.39, 0.29) is 6.42 Å². The van der Waals surface area contributed by atoms with E-state index in [4.69, 9.17) is 5.11 Å². The predicted octanol–water partition coefficient (Wildman–Crippen LogP) is 2.02. The molecule has 0 spiro atoms. The van der Waals surface area contributed by atoms with Gasteiger partial charge in [0.2, 0.25) is 0 Å². The summed E-state index contributed by atoms with van der Waals surface area (Å²) in [5.41, 5.74) is 0. The minimum atomic E-state index is -0.695. The molecule has 1 aliphatic rings. The highest BCUT2D eigenvalue weighted by molar-refractivity contribution is 5.66. The second-order valence-electron chi connectivity index (χ2n) is 4.39. The highest BCUT2D eigenvalue weighted by atomic mass is 16.4. The molecule has 0 aliphatic heterocycles. The molecule has 3 nitrogen and oxygen atoms in total. The number of carboxylic acids is 1. The Morgan fingerprint density at radius 2 is 2.36 bits per heavy atom. The SMILES string of the molecule is CCCC1CC1NC(C)CCC(=O)O. The average Bonchev–Trinajstić information content (AvgIpc) is 2.81. The van der Waals surface area contributed by atoms with Crippen LogP contribution in [0.5, 0.6) is 0 Å². The molecule has 3 atom stereocenters. The largest absolute Gasteiger partial charge is 0.481 e. The van der Waals surface area contributed by atoms with Crippen molar-refractivity contribution in [2.45, 2.75) is 58.0 Å². The van der Waals surface area contributed by atoms with Gasteiger partial charge in [-0.15, -0.1) is 0 Å². The fourth-order valence-corrected chi connectivity index (χ4v) is 1.93. The van der Waals surface area contributed by atoms with Gasteiger partial charge in [-0.3, -0.25) is 4.79 Å². The summed E-state index contributed by atoms with van der Waals surface area (Å²) in [5, 5.41) is 12.0. The van der Waals surface area contributed by atoms with Crippen LogP contribution in [0.1, 0.15) is 46.0 Å². The molecule has 0 aromatic heterocycles. The normalized spacial score (nSPS) is 27.3. The summed E-state index contributed by atoms with van der Waals surface area (Å²) in [6, 6.07) is 1.01. The molecule has 0 heterocycles. The fourth-order valence-electron chi connectivity index (χ4n) is 1.93. The van der Waals surface area contributed by atoms with Crippen molar-refractivity contribution in [3.8, 4) is 0 Å². The summed E-state index contributed by atoms with van der Waals surface area (Å²) in [4.78, 5) is 10.3. The molecular formula is C11H21NO2. The van der Waals surface area contributed by atoms with E-state index in [1.807, 2.05) is 0 Å². The number of carbonyl (C=O) groups is 1. The maximum Gasteiger partial charge on any atom is 0.303 e. The van der Waals surface area contributed by atoms with Gasteiger partial charge < -0.3 is 10.4 Å². The lowest BCUT2D eigenvalue weighted by Crippen LogP contribution is -2.29. The van der Waals surface area contributed by atoms with E-state index >= 15 is 0 Å². The molecule has 0 aromatic carbocycles. The van der Waals surface area contributed by atoms with Crippen molar-refractivity contribution in [1.29, 1.82) is 0 Å². The van der Waals surface area contributed by atoms with Crippen molar-refractivity contribution in [2.75, 3.05) is 0 Å². The molecule has 2 N–H and O–H groups in total. The van der Waals surface area contributed by atoms with Crippen LogP contribution in [0.2, 0.25) is 0 Å². The van der Waals surface area contributed by atoms with Crippen LogP contribution in [-0.2, 0) is 4.79 Å². The van der Waals surface area contributed by atoms with Gasteiger partial charge in [0, 0.05) is 18.5 Å². The van der Waals surface area contributed by atoms with Gasteiger partial charge in [-0.2, -0.15) is 0 Å². The predicted molar refractivity (Wildman–Crippen MR) is 56.3 cm³/mol. The second kappa shape index (κ2) is 5.35. The minimum absolute atomic E-state index is 0.277. The Bertz CT molecular complexity index is 194. The molecule has 1 aliphatic carbocycles. The lowest BCUT2D eigenvalue weighted by Gasteiger charge is -2.12. The zero-order chi connectivity index (χ0) is 10.6. The second-order valence-corrected chi connectivity index (χ2v) is 4.39. The van der Waals surface area contributed by atoms with Crippen molar-refractivity contribution >= 4 is 5.97 Å². The van der Waals surface area contributed by atoms with Crippen molar-refractivity contribution in [3.63, 3.8) is 0 Å². The summed E-state index contributed by atoms with van der Waals surface area (Å²) < 4.78 is 0. The quantitative estimate of drug-likeness (QED) is 0.659. The summed E-state index contributed by atoms with van der Waals surface area (Å²) >= 11 is 0. The first-order chi connectivity index (χ1) is 6.63. The van der Waals surface area contributed by atoms with Crippen LogP contribution in [0.4, 0.5) is 0 Å². The molecule has 0 amide bonds. The molecule has 1 fully saturated rings. The van der Waals surface area contributed by atoms with E-state index in [2.05, 4.69) is 19.2 Å². The van der Waals surface area contributed by atoms with Crippen LogP contribution >= 0.6 is 0 Å². The van der Waals surface area contributed by atoms with E-state index < -0.39 is 5.97 Å². The summed E-state index contributed by atoms with van der Waals surface area (Å²) in [6.45, 7) is 4.29. The zero-order valence-corrected chi connectivity index (χ0v) is 9.12. The topological polar surface area (TPSA) is 49.3 Å². The molecule has 3 unspecified atom stereocenters. The maximum absolute atomic E-state index is 10.3. The molecule has 3 heteroatoms. The molecule has 0 bridgehead atoms. The van der Waals surface area contributed by atoms with Crippen LogP contribution in [0, 0.1) is 5.92 Å². The maximum atomic E-state index is 10.3. The molecule has 82 valence electrons. The molecule has 1 rings (SSSR count). The molecule has 0 aromatic rings. The lowest BCUT2D eigenvalue weighted by molar-refractivity contribution is -0.137. The summed E-state index contributed by atoms with van der Waals surface area (Å²) in [5.74, 6) is 0.159. The number of rotatable bonds is 7. The van der Waals surface area contributed by atoms with Gasteiger partial charge in [0.15, 0.2) is 0 Å². The standard InChI is InChI=1S/C11H21NO2/c1-3-4-9-7-10(9)12-8(2)5-6-11(13)14/h8-10,12H,3-7H2,1-2H3,(H,13,14). The number of carboxylic acid groups (broad SMARTS) is 1. The Balaban J connectivity index is 2.04. The number of nitrogens with one attached hydrogen (secondary N) is 1. The molecule has 14 heavy (non-hydrogen) atoms. The van der Waals surface area contributed by atoms with Crippen LogP contribution in [-0.4, -0.2) is 23.2 Å². The third kappa shape index (κ3) is 4.09. The van der Waals surface area contributed by atoms with E-state index in [1.165, 1.54) is 19.3 Å². The molecule has 0 saturated heterocycles. The Labute approximate surface area is 85.9 Å². The molecule has 0 radical (unpaired) electrons. The highest BCUT2D eigenvalue weighted by Gasteiger charge is 2.36. The summed E-state index contributed by atoms with van der Waals surface area (Å²) in [6.07, 6.45) is 4.87. The van der Waals surface area contributed by atoms with Gasteiger partial charge in [0.1, 0.15) is 0 Å². The highest BCUT2D eigenvalue weighted by Crippen LogP contribution is 2.34. The Morgan fingerprint density at radius 1 is 1.64 bits per heavy atom. The first-order valence-electron chi connectivity index (χ1n) is 5.61. The van der Waals surface area contributed by atoms with Crippen LogP contribution in [0.25, 0.3) is 0 Å². The lowest BCUT2D eigenvalue weighted by atomic mass is 10.1. The smallest absolute Gasteiger partial charge is 0.303 e. The van der Waals surface area contributed by atoms with Gasteiger partial charge in [-0.1, -0.05) is 13.3 Å². The fraction of sp³-hybridized carbons (Fsp3) is 0.909. The van der Waals surface area contributed by atoms with Gasteiger partial charge in [0.25, 0.3) is 0 Å². The summed E-state index contributed by atoms with van der Waals surface area (Å²) in [7, 11) is 0. The van der Waals surface area contributed by atoms with E-state index in [0.717, 1.165) is 12.3 Å². The monoisotopic (exact) mass is 199 g/mol. The zero-order valence-electron chi connectivity index (χ0n) is 9.12.